The molecular weight excluding hydrogens is 1000 g/mol. The molecule has 0 bridgehead atoms. The van der Waals surface area contributed by atoms with Crippen LogP contribution in [0.15, 0.2) is 35.5 Å². The molecule has 6 aliphatic carbocycles. The Balaban J connectivity index is 0.000000276. The van der Waals surface area contributed by atoms with Gasteiger partial charge in [0.05, 0.1) is 0 Å². The molecule has 0 heterocycles. The zero-order valence-corrected chi connectivity index (χ0v) is 52.1. The Bertz CT molecular complexity index is 1820. The van der Waals surface area contributed by atoms with Crippen LogP contribution < -0.4 is 0 Å². The molecule has 6 rings (SSSR count). The molecular formula is C63H108EuO6. The van der Waals surface area contributed by atoms with E-state index < -0.39 is 0 Å². The van der Waals surface area contributed by atoms with E-state index in [2.05, 4.69) is 166 Å². The number of carbonyl (C=O) groups is 3. The Morgan fingerprint density at radius 3 is 0.543 bits per heavy atom. The first kappa shape index (κ1) is 63.5. The monoisotopic (exact) mass is 1110 g/mol. The van der Waals surface area contributed by atoms with Gasteiger partial charge in [0.2, 0.25) is 0 Å². The van der Waals surface area contributed by atoms with Crippen molar-refractivity contribution in [2.45, 2.75) is 243 Å². The number of allylic oxidation sites excluding steroid dienone is 6. The van der Waals surface area contributed by atoms with Crippen molar-refractivity contribution in [2.24, 2.45) is 100 Å². The molecule has 0 aliphatic heterocycles. The quantitative estimate of drug-likeness (QED) is 0.157. The van der Waals surface area contributed by atoms with E-state index in [1.54, 1.807) is 18.2 Å². The summed E-state index contributed by atoms with van der Waals surface area (Å²) in [7, 11) is 0. The second-order valence-corrected chi connectivity index (χ2v) is 29.6. The van der Waals surface area contributed by atoms with Gasteiger partial charge in [-0.1, -0.05) is 166 Å². The number of aliphatic hydroxyl groups is 3. The molecule has 0 spiro atoms. The first-order valence-electron chi connectivity index (χ1n) is 27.8. The molecule has 12 atom stereocenters. The molecule has 0 unspecified atom stereocenters. The van der Waals surface area contributed by atoms with E-state index in [1.165, 1.54) is 0 Å². The molecule has 3 N–H and O–H groups in total. The number of ketones is 3. The average molecular weight is 1110 g/mol. The number of carbonyl (C=O) groups excluding carboxylic acids is 3. The van der Waals surface area contributed by atoms with Crippen LogP contribution in [0, 0.1) is 150 Å². The van der Waals surface area contributed by atoms with Crippen molar-refractivity contribution in [3.05, 3.63) is 35.5 Å². The van der Waals surface area contributed by atoms with Gasteiger partial charge in [0.15, 0.2) is 17.3 Å². The molecule has 0 aromatic heterocycles. The van der Waals surface area contributed by atoms with Gasteiger partial charge in [-0.05, 0) is 145 Å². The van der Waals surface area contributed by atoms with Crippen molar-refractivity contribution in [1.29, 1.82) is 0 Å². The number of aliphatic hydroxyl groups excluding tert-OH is 3. The first-order valence-corrected chi connectivity index (χ1v) is 27.8. The molecule has 1 radical (unpaired) electrons. The van der Waals surface area contributed by atoms with Gasteiger partial charge in [-0.3, -0.25) is 14.4 Å². The number of hydrogen-bond donors (Lipinski definition) is 3. The van der Waals surface area contributed by atoms with E-state index in [0.717, 1.165) is 77.0 Å². The van der Waals surface area contributed by atoms with Gasteiger partial charge in [0, 0.05) is 100 Å². The van der Waals surface area contributed by atoms with Crippen LogP contribution in [0.25, 0.3) is 0 Å². The third kappa shape index (κ3) is 9.82. The topological polar surface area (TPSA) is 112 Å². The normalized spacial score (nSPS) is 42.3. The summed E-state index contributed by atoms with van der Waals surface area (Å²) in [5.74, 6) is 4.49. The summed E-state index contributed by atoms with van der Waals surface area (Å²) in [5, 5.41) is 32.6. The minimum absolute atomic E-state index is 0. The molecule has 6 fully saturated rings. The molecule has 70 heavy (non-hydrogen) atoms. The summed E-state index contributed by atoms with van der Waals surface area (Å²) in [4.78, 5) is 39.3. The van der Waals surface area contributed by atoms with Gasteiger partial charge in [0.25, 0.3) is 0 Å². The predicted molar refractivity (Wildman–Crippen MR) is 289 cm³/mol. The van der Waals surface area contributed by atoms with E-state index in [0.29, 0.717) is 52.8 Å². The number of rotatable bonds is 9. The van der Waals surface area contributed by atoms with Gasteiger partial charge in [0.1, 0.15) is 17.3 Å². The summed E-state index contributed by atoms with van der Waals surface area (Å²) in [6, 6.07) is 0. The first-order chi connectivity index (χ1) is 30.9. The fourth-order valence-electron chi connectivity index (χ4n) is 14.4. The van der Waals surface area contributed by atoms with Crippen LogP contribution in [0.5, 0.6) is 0 Å². The Morgan fingerprint density at radius 2 is 0.429 bits per heavy atom. The minimum atomic E-state index is -0.370. The van der Waals surface area contributed by atoms with Gasteiger partial charge >= 0.3 is 0 Å². The van der Waals surface area contributed by atoms with Crippen molar-refractivity contribution in [3.8, 4) is 0 Å². The smallest absolute Gasteiger partial charge is 0.165 e. The van der Waals surface area contributed by atoms with E-state index in [1.807, 2.05) is 0 Å². The third-order valence-electron chi connectivity index (χ3n) is 26.5. The fraction of sp³-hybridized carbons (Fsp3) is 0.857. The maximum absolute atomic E-state index is 13.1. The van der Waals surface area contributed by atoms with Crippen LogP contribution >= 0.6 is 0 Å². The number of hydrogen-bond acceptors (Lipinski definition) is 6. The molecule has 0 aromatic carbocycles. The summed E-state index contributed by atoms with van der Waals surface area (Å²) >= 11 is 0. The van der Waals surface area contributed by atoms with Crippen LogP contribution in [0.2, 0.25) is 0 Å². The maximum Gasteiger partial charge on any atom is 0.165 e. The molecule has 0 saturated heterocycles. The standard InChI is InChI=1S/3C21H36O2.Eu/c3*1-14-9-11-20(7,18(14,3)4)16(22)13-17(23)21(8)12-10-15(2)19(21,5)6;/h3*13-15,22H,9-12H2,1-8H3;/b2*16-13+;16-13-;/t3*14-,15-,20-,21-;/m000./s1. The molecule has 6 aliphatic rings. The molecule has 6 saturated carbocycles. The Labute approximate surface area is 471 Å². The van der Waals surface area contributed by atoms with Gasteiger partial charge < -0.3 is 15.3 Å². The van der Waals surface area contributed by atoms with Crippen LogP contribution in [-0.2, 0) is 14.4 Å². The molecule has 7 heteroatoms. The second kappa shape index (κ2) is 20.6. The van der Waals surface area contributed by atoms with Crippen LogP contribution in [0.4, 0.5) is 0 Å². The summed E-state index contributed by atoms with van der Waals surface area (Å²) in [6.07, 6.45) is 16.9. The Kier molecular flexibility index (Phi) is 18.7. The molecule has 403 valence electrons. The van der Waals surface area contributed by atoms with Gasteiger partial charge in [-0.2, -0.15) is 0 Å². The summed E-state index contributed by atoms with van der Waals surface area (Å²) in [6.45, 7) is 52.7. The Morgan fingerprint density at radius 1 is 0.300 bits per heavy atom. The summed E-state index contributed by atoms with van der Waals surface area (Å²) < 4.78 is 0. The van der Waals surface area contributed by atoms with Crippen LogP contribution in [-0.4, -0.2) is 32.7 Å². The van der Waals surface area contributed by atoms with Crippen LogP contribution in [0.1, 0.15) is 243 Å². The van der Waals surface area contributed by atoms with E-state index in [-0.39, 0.29) is 132 Å². The maximum atomic E-state index is 13.1. The SMILES string of the molecule is C[C@H]1CC[C@@](C)(C(=O)/C=C(/O)[C@]2(C)CC[C@H](C)C2(C)C)C1(C)C.C[C@H]1CC[C@@](C)(C(=O)/C=C(/O)[C@]2(C)CC[C@H](C)C2(C)C)C1(C)C.C[C@H]1CC[C@@](C)(C(=O)/C=C(\O)[C@]2(C)CC[C@H](C)C2(C)C)C1(C)C.[Eu]. The fourth-order valence-corrected chi connectivity index (χ4v) is 14.4. The molecule has 0 amide bonds. The minimum Gasteiger partial charge on any atom is -0.512 e. The zero-order chi connectivity index (χ0) is 53.5. The Hall–Kier alpha value is -0.786. The average Bonchev–Trinajstić information content (AvgIpc) is 3.92. The summed E-state index contributed by atoms with van der Waals surface area (Å²) in [5.41, 5.74) is -2.07. The van der Waals surface area contributed by atoms with Crippen molar-refractivity contribution in [2.75, 3.05) is 0 Å². The molecule has 0 aromatic rings. The predicted octanol–water partition coefficient (Wildman–Crippen LogP) is 17.8. The van der Waals surface area contributed by atoms with Crippen molar-refractivity contribution in [3.63, 3.8) is 0 Å². The van der Waals surface area contributed by atoms with Crippen molar-refractivity contribution in [1.82, 2.24) is 0 Å². The van der Waals surface area contributed by atoms with E-state index >= 15 is 0 Å². The second-order valence-electron chi connectivity index (χ2n) is 29.6. The van der Waals surface area contributed by atoms with Crippen molar-refractivity contribution < 1.29 is 79.1 Å². The van der Waals surface area contributed by atoms with Crippen molar-refractivity contribution >= 4 is 17.3 Å². The third-order valence-corrected chi connectivity index (χ3v) is 26.5. The van der Waals surface area contributed by atoms with E-state index in [9.17, 15) is 29.7 Å². The largest absolute Gasteiger partial charge is 0.512 e. The van der Waals surface area contributed by atoms with Gasteiger partial charge in [-0.25, -0.2) is 0 Å². The van der Waals surface area contributed by atoms with Gasteiger partial charge in [-0.15, -0.1) is 0 Å². The zero-order valence-electron chi connectivity index (χ0n) is 49.6. The molecule has 6 nitrogen and oxygen atoms in total. The van der Waals surface area contributed by atoms with Crippen LogP contribution in [0.3, 0.4) is 0 Å². The van der Waals surface area contributed by atoms with E-state index in [4.69, 9.17) is 0 Å².